The molecule has 0 spiro atoms. The number of nitrogens with one attached hydrogen (secondary N) is 1. The number of carbonyl (C=O) groups excluding carboxylic acids is 1. The largest absolute Gasteiger partial charge is 0.288 e. The van der Waals surface area contributed by atoms with Gasteiger partial charge in [0.2, 0.25) is 5.95 Å². The maximum absolute atomic E-state index is 12.4. The minimum Gasteiger partial charge on any atom is -0.288 e. The Bertz CT molecular complexity index is 881. The van der Waals surface area contributed by atoms with Crippen LogP contribution in [0.3, 0.4) is 0 Å². The number of rotatable bonds is 4. The van der Waals surface area contributed by atoms with E-state index < -0.39 is 0 Å². The third-order valence-corrected chi connectivity index (χ3v) is 4.54. The average Bonchev–Trinajstić information content (AvgIpc) is 3.06. The third kappa shape index (κ3) is 3.38. The van der Waals surface area contributed by atoms with Crippen molar-refractivity contribution in [1.82, 2.24) is 24.5 Å². The lowest BCUT2D eigenvalue weighted by Crippen LogP contribution is -2.17. The summed E-state index contributed by atoms with van der Waals surface area (Å²) in [6.45, 7) is 4.47. The summed E-state index contributed by atoms with van der Waals surface area (Å²) in [6, 6.07) is 8.20. The highest BCUT2D eigenvalue weighted by atomic mass is 79.9. The summed E-state index contributed by atoms with van der Waals surface area (Å²) in [5.41, 5.74) is 3.51. The summed E-state index contributed by atoms with van der Waals surface area (Å²) < 4.78 is 3.88. The fourth-order valence-electron chi connectivity index (χ4n) is 2.35. The van der Waals surface area contributed by atoms with Crippen LogP contribution in [0.25, 0.3) is 0 Å². The van der Waals surface area contributed by atoms with E-state index in [0.717, 1.165) is 11.3 Å². The average molecular weight is 389 g/mol. The molecule has 0 saturated heterocycles. The van der Waals surface area contributed by atoms with Crippen molar-refractivity contribution >= 4 is 27.8 Å². The SMILES string of the molecule is Cc1ccc(Cn2cnc(NC(=O)c3c(Br)c(C)nn3C)n2)cc1. The summed E-state index contributed by atoms with van der Waals surface area (Å²) in [5, 5.41) is 11.2. The quantitative estimate of drug-likeness (QED) is 0.745. The molecule has 1 N–H and O–H groups in total. The van der Waals surface area contributed by atoms with Gasteiger partial charge in [-0.15, -0.1) is 5.10 Å². The van der Waals surface area contributed by atoms with Crippen molar-refractivity contribution in [1.29, 1.82) is 0 Å². The van der Waals surface area contributed by atoms with Gasteiger partial charge in [0.05, 0.1) is 16.7 Å². The van der Waals surface area contributed by atoms with Gasteiger partial charge in [-0.1, -0.05) is 29.8 Å². The highest BCUT2D eigenvalue weighted by Gasteiger charge is 2.19. The van der Waals surface area contributed by atoms with E-state index in [1.165, 1.54) is 10.2 Å². The molecular weight excluding hydrogens is 372 g/mol. The fourth-order valence-corrected chi connectivity index (χ4v) is 2.86. The van der Waals surface area contributed by atoms with Crippen molar-refractivity contribution in [3.63, 3.8) is 0 Å². The maximum Gasteiger partial charge on any atom is 0.277 e. The van der Waals surface area contributed by atoms with E-state index in [-0.39, 0.29) is 11.9 Å². The number of anilines is 1. The molecule has 0 radical (unpaired) electrons. The van der Waals surface area contributed by atoms with Crippen LogP contribution in [0.2, 0.25) is 0 Å². The van der Waals surface area contributed by atoms with E-state index in [2.05, 4.69) is 48.6 Å². The fraction of sp³-hybridized carbons (Fsp3) is 0.250. The molecule has 2 heterocycles. The van der Waals surface area contributed by atoms with Crippen molar-refractivity contribution in [3.8, 4) is 0 Å². The Labute approximate surface area is 147 Å². The topological polar surface area (TPSA) is 77.6 Å². The monoisotopic (exact) mass is 388 g/mol. The molecule has 0 saturated carbocycles. The lowest BCUT2D eigenvalue weighted by Gasteiger charge is -2.03. The van der Waals surface area contributed by atoms with Gasteiger partial charge in [0, 0.05) is 7.05 Å². The number of halogens is 1. The van der Waals surface area contributed by atoms with Gasteiger partial charge < -0.3 is 0 Å². The van der Waals surface area contributed by atoms with Crippen molar-refractivity contribution in [2.45, 2.75) is 20.4 Å². The number of amides is 1. The zero-order valence-corrected chi connectivity index (χ0v) is 15.2. The van der Waals surface area contributed by atoms with E-state index >= 15 is 0 Å². The zero-order valence-electron chi connectivity index (χ0n) is 13.6. The van der Waals surface area contributed by atoms with E-state index in [0.29, 0.717) is 16.7 Å². The third-order valence-electron chi connectivity index (χ3n) is 3.59. The molecule has 0 aliphatic heterocycles. The summed E-state index contributed by atoms with van der Waals surface area (Å²) >= 11 is 3.38. The van der Waals surface area contributed by atoms with Crippen LogP contribution >= 0.6 is 15.9 Å². The number of aromatic nitrogens is 5. The van der Waals surface area contributed by atoms with Crippen molar-refractivity contribution in [2.24, 2.45) is 7.05 Å². The lowest BCUT2D eigenvalue weighted by molar-refractivity contribution is 0.101. The van der Waals surface area contributed by atoms with Gasteiger partial charge in [-0.25, -0.2) is 9.67 Å². The van der Waals surface area contributed by atoms with E-state index in [1.807, 2.05) is 26.0 Å². The van der Waals surface area contributed by atoms with Gasteiger partial charge in [-0.3, -0.25) is 14.8 Å². The molecule has 0 aliphatic carbocycles. The minimum atomic E-state index is -0.307. The molecule has 7 nitrogen and oxygen atoms in total. The molecule has 1 aromatic carbocycles. The van der Waals surface area contributed by atoms with Gasteiger partial charge in [0.15, 0.2) is 0 Å². The van der Waals surface area contributed by atoms with Gasteiger partial charge in [0.1, 0.15) is 12.0 Å². The van der Waals surface area contributed by atoms with Crippen molar-refractivity contribution < 1.29 is 4.79 Å². The smallest absolute Gasteiger partial charge is 0.277 e. The Morgan fingerprint density at radius 3 is 2.54 bits per heavy atom. The van der Waals surface area contributed by atoms with Gasteiger partial charge in [-0.05, 0) is 35.3 Å². The van der Waals surface area contributed by atoms with Crippen LogP contribution < -0.4 is 5.32 Å². The van der Waals surface area contributed by atoms with Gasteiger partial charge in [0.25, 0.3) is 5.91 Å². The maximum atomic E-state index is 12.4. The van der Waals surface area contributed by atoms with Crippen LogP contribution in [-0.2, 0) is 13.6 Å². The van der Waals surface area contributed by atoms with E-state index in [9.17, 15) is 4.79 Å². The predicted molar refractivity (Wildman–Crippen MR) is 93.9 cm³/mol. The molecule has 0 unspecified atom stereocenters. The molecule has 8 heteroatoms. The highest BCUT2D eigenvalue weighted by molar-refractivity contribution is 9.10. The second kappa shape index (κ2) is 6.56. The van der Waals surface area contributed by atoms with Crippen LogP contribution in [-0.4, -0.2) is 30.5 Å². The molecule has 3 aromatic rings. The second-order valence-electron chi connectivity index (χ2n) is 5.58. The first kappa shape index (κ1) is 16.4. The first-order chi connectivity index (χ1) is 11.4. The molecule has 0 aliphatic rings. The summed E-state index contributed by atoms with van der Waals surface area (Å²) in [4.78, 5) is 16.5. The molecule has 1 amide bonds. The number of aryl methyl sites for hydroxylation is 3. The zero-order chi connectivity index (χ0) is 17.3. The minimum absolute atomic E-state index is 0.262. The van der Waals surface area contributed by atoms with Crippen LogP contribution in [0.4, 0.5) is 5.95 Å². The highest BCUT2D eigenvalue weighted by Crippen LogP contribution is 2.20. The normalized spacial score (nSPS) is 10.8. The summed E-state index contributed by atoms with van der Waals surface area (Å²) in [5.74, 6) is -0.0454. The molecule has 2 aromatic heterocycles. The second-order valence-corrected chi connectivity index (χ2v) is 6.37. The van der Waals surface area contributed by atoms with E-state index in [1.54, 1.807) is 18.1 Å². The molecule has 3 rings (SSSR count). The summed E-state index contributed by atoms with van der Waals surface area (Å²) in [6.07, 6.45) is 1.60. The Kier molecular flexibility index (Phi) is 4.48. The molecule has 24 heavy (non-hydrogen) atoms. The lowest BCUT2D eigenvalue weighted by atomic mass is 10.1. The van der Waals surface area contributed by atoms with Gasteiger partial charge >= 0.3 is 0 Å². The van der Waals surface area contributed by atoms with E-state index in [4.69, 9.17) is 0 Å². The van der Waals surface area contributed by atoms with Gasteiger partial charge in [-0.2, -0.15) is 5.10 Å². The van der Waals surface area contributed by atoms with Crippen LogP contribution in [0.5, 0.6) is 0 Å². The molecule has 124 valence electrons. The number of benzene rings is 1. The molecule has 0 fully saturated rings. The summed E-state index contributed by atoms with van der Waals surface area (Å²) in [7, 11) is 1.72. The van der Waals surface area contributed by atoms with Crippen molar-refractivity contribution in [3.05, 3.63) is 57.6 Å². The number of carbonyl (C=O) groups is 1. The molecular formula is C16H17BrN6O. The number of hydrogen-bond donors (Lipinski definition) is 1. The molecule has 0 bridgehead atoms. The molecule has 0 atom stereocenters. The van der Waals surface area contributed by atoms with Crippen LogP contribution in [0, 0.1) is 13.8 Å². The Balaban J connectivity index is 1.71. The Morgan fingerprint density at radius 2 is 1.92 bits per heavy atom. The standard InChI is InChI=1S/C16H17BrN6O/c1-10-4-6-12(7-5-10)8-23-9-18-16(21-23)19-15(24)14-13(17)11(2)20-22(14)3/h4-7,9H,8H2,1-3H3,(H,19,21,24). The first-order valence-electron chi connectivity index (χ1n) is 7.39. The van der Waals surface area contributed by atoms with Crippen molar-refractivity contribution in [2.75, 3.05) is 5.32 Å². The Hall–Kier alpha value is -2.48. The van der Waals surface area contributed by atoms with Crippen LogP contribution in [0.15, 0.2) is 35.1 Å². The van der Waals surface area contributed by atoms with Crippen LogP contribution in [0.1, 0.15) is 27.3 Å². The Morgan fingerprint density at radius 1 is 1.21 bits per heavy atom. The number of hydrogen-bond acceptors (Lipinski definition) is 4. The number of nitrogens with zero attached hydrogens (tertiary/aromatic N) is 5. The first-order valence-corrected chi connectivity index (χ1v) is 8.19. The predicted octanol–water partition coefficient (Wildman–Crippen LogP) is 2.69.